The first kappa shape index (κ1) is 12.9. The van der Waals surface area contributed by atoms with Crippen molar-refractivity contribution < 1.29 is 9.18 Å². The molecule has 98 valence electrons. The Labute approximate surface area is 107 Å². The minimum Gasteiger partial charge on any atom is -0.398 e. The molecule has 0 atom stereocenters. The number of amides is 1. The van der Waals surface area contributed by atoms with Crippen molar-refractivity contribution in [2.75, 3.05) is 12.3 Å². The van der Waals surface area contributed by atoms with Gasteiger partial charge in [0.1, 0.15) is 5.82 Å². The fourth-order valence-electron chi connectivity index (χ4n) is 2.38. The van der Waals surface area contributed by atoms with E-state index in [1.165, 1.54) is 37.8 Å². The van der Waals surface area contributed by atoms with Crippen molar-refractivity contribution in [2.24, 2.45) is 5.92 Å². The third-order valence-electron chi connectivity index (χ3n) is 3.67. The predicted molar refractivity (Wildman–Crippen MR) is 69.8 cm³/mol. The molecule has 18 heavy (non-hydrogen) atoms. The number of hydrogen-bond donors (Lipinski definition) is 2. The van der Waals surface area contributed by atoms with Crippen molar-refractivity contribution in [2.45, 2.75) is 32.6 Å². The second-order valence-corrected chi connectivity index (χ2v) is 5.03. The fourth-order valence-corrected chi connectivity index (χ4v) is 2.38. The number of halogens is 1. The van der Waals surface area contributed by atoms with Gasteiger partial charge in [0.2, 0.25) is 0 Å². The van der Waals surface area contributed by atoms with Crippen LogP contribution in [0.25, 0.3) is 0 Å². The Morgan fingerprint density at radius 3 is 2.72 bits per heavy atom. The first-order valence-electron chi connectivity index (χ1n) is 6.41. The molecule has 1 fully saturated rings. The van der Waals surface area contributed by atoms with Crippen LogP contribution in [0.1, 0.15) is 41.6 Å². The van der Waals surface area contributed by atoms with E-state index in [-0.39, 0.29) is 5.91 Å². The molecule has 0 heterocycles. The van der Waals surface area contributed by atoms with Gasteiger partial charge >= 0.3 is 0 Å². The first-order chi connectivity index (χ1) is 8.58. The Kier molecular flexibility index (Phi) is 3.84. The summed E-state index contributed by atoms with van der Waals surface area (Å²) in [6.45, 7) is 2.28. The average Bonchev–Trinajstić information content (AvgIpc) is 2.85. The van der Waals surface area contributed by atoms with Crippen molar-refractivity contribution >= 4 is 11.6 Å². The monoisotopic (exact) mass is 250 g/mol. The summed E-state index contributed by atoms with van der Waals surface area (Å²) in [6, 6.07) is 2.78. The molecule has 0 spiro atoms. The van der Waals surface area contributed by atoms with Crippen molar-refractivity contribution in [1.29, 1.82) is 0 Å². The molecule has 1 aromatic rings. The number of hydrogen-bond acceptors (Lipinski definition) is 2. The maximum Gasteiger partial charge on any atom is 0.251 e. The second-order valence-electron chi connectivity index (χ2n) is 5.03. The Morgan fingerprint density at radius 2 is 2.11 bits per heavy atom. The number of rotatable bonds is 3. The molecule has 0 unspecified atom stereocenters. The molecule has 0 bridgehead atoms. The number of nitrogen functional groups attached to an aromatic ring is 1. The predicted octanol–water partition coefficient (Wildman–Crippen LogP) is 2.64. The normalized spacial score (nSPS) is 15.9. The van der Waals surface area contributed by atoms with E-state index in [4.69, 9.17) is 5.73 Å². The Hall–Kier alpha value is -1.58. The van der Waals surface area contributed by atoms with Gasteiger partial charge in [0.25, 0.3) is 5.91 Å². The van der Waals surface area contributed by atoms with Crippen LogP contribution in [0.2, 0.25) is 0 Å². The zero-order chi connectivity index (χ0) is 13.1. The van der Waals surface area contributed by atoms with Crippen molar-refractivity contribution in [3.8, 4) is 0 Å². The van der Waals surface area contributed by atoms with Crippen LogP contribution in [0.5, 0.6) is 0 Å². The summed E-state index contributed by atoms with van der Waals surface area (Å²) in [5.41, 5.74) is 6.67. The van der Waals surface area contributed by atoms with Gasteiger partial charge in [-0.25, -0.2) is 4.39 Å². The molecule has 1 aliphatic carbocycles. The highest BCUT2D eigenvalue weighted by Crippen LogP contribution is 2.24. The minimum atomic E-state index is -0.430. The zero-order valence-electron chi connectivity index (χ0n) is 10.6. The summed E-state index contributed by atoms with van der Waals surface area (Å²) in [4.78, 5) is 11.9. The van der Waals surface area contributed by atoms with E-state index >= 15 is 0 Å². The Morgan fingerprint density at radius 1 is 1.44 bits per heavy atom. The van der Waals surface area contributed by atoms with Gasteiger partial charge in [-0.15, -0.1) is 0 Å². The second kappa shape index (κ2) is 5.38. The molecular weight excluding hydrogens is 231 g/mol. The van der Waals surface area contributed by atoms with Gasteiger partial charge in [0.05, 0.1) is 0 Å². The molecule has 4 heteroatoms. The van der Waals surface area contributed by atoms with E-state index < -0.39 is 5.82 Å². The van der Waals surface area contributed by atoms with Crippen LogP contribution >= 0.6 is 0 Å². The lowest BCUT2D eigenvalue weighted by atomic mass is 10.1. The highest BCUT2D eigenvalue weighted by atomic mass is 19.1. The quantitative estimate of drug-likeness (QED) is 0.810. The van der Waals surface area contributed by atoms with Crippen LogP contribution in [0.15, 0.2) is 12.1 Å². The van der Waals surface area contributed by atoms with Gasteiger partial charge in [-0.05, 0) is 37.8 Å². The molecule has 0 aliphatic heterocycles. The molecule has 1 aliphatic rings. The maximum absolute atomic E-state index is 13.5. The number of benzene rings is 1. The van der Waals surface area contributed by atoms with E-state index in [0.29, 0.717) is 29.3 Å². The van der Waals surface area contributed by atoms with E-state index in [2.05, 4.69) is 5.32 Å². The number of anilines is 1. The average molecular weight is 250 g/mol. The number of carbonyl (C=O) groups excluding carboxylic acids is 1. The van der Waals surface area contributed by atoms with Gasteiger partial charge in [-0.2, -0.15) is 0 Å². The van der Waals surface area contributed by atoms with Crippen LogP contribution in [-0.4, -0.2) is 12.5 Å². The van der Waals surface area contributed by atoms with E-state index in [9.17, 15) is 9.18 Å². The lowest BCUT2D eigenvalue weighted by molar-refractivity contribution is 0.0947. The fraction of sp³-hybridized carbons (Fsp3) is 0.500. The van der Waals surface area contributed by atoms with Crippen LogP contribution in [0.3, 0.4) is 0 Å². The topological polar surface area (TPSA) is 55.1 Å². The molecule has 3 N–H and O–H groups in total. The lowest BCUT2D eigenvalue weighted by Gasteiger charge is -2.11. The summed E-state index contributed by atoms with van der Waals surface area (Å²) in [5.74, 6) is -0.102. The third kappa shape index (κ3) is 2.81. The zero-order valence-corrected chi connectivity index (χ0v) is 10.6. The van der Waals surface area contributed by atoms with Gasteiger partial charge < -0.3 is 11.1 Å². The summed E-state index contributed by atoms with van der Waals surface area (Å²) in [5, 5.41) is 2.85. The van der Waals surface area contributed by atoms with E-state index in [1.807, 2.05) is 0 Å². The van der Waals surface area contributed by atoms with Gasteiger partial charge in [0.15, 0.2) is 0 Å². The van der Waals surface area contributed by atoms with E-state index in [0.717, 1.165) is 0 Å². The molecule has 3 nitrogen and oxygen atoms in total. The lowest BCUT2D eigenvalue weighted by Crippen LogP contribution is -2.28. The van der Waals surface area contributed by atoms with Gasteiger partial charge in [-0.1, -0.05) is 12.8 Å². The van der Waals surface area contributed by atoms with Crippen LogP contribution < -0.4 is 11.1 Å². The summed E-state index contributed by atoms with van der Waals surface area (Å²) < 4.78 is 13.5. The SMILES string of the molecule is Cc1c(N)cc(C(=O)NCC2CCCC2)cc1F. The molecular formula is C14H19FN2O. The highest BCUT2D eigenvalue weighted by Gasteiger charge is 2.17. The van der Waals surface area contributed by atoms with Crippen LogP contribution in [-0.2, 0) is 0 Å². The van der Waals surface area contributed by atoms with E-state index in [1.54, 1.807) is 6.92 Å². The van der Waals surface area contributed by atoms with Crippen molar-refractivity contribution in [3.63, 3.8) is 0 Å². The standard InChI is InChI=1S/C14H19FN2O/c1-9-12(15)6-11(7-13(9)16)14(18)17-8-10-4-2-3-5-10/h6-7,10H,2-5,8,16H2,1H3,(H,17,18). The molecule has 1 amide bonds. The third-order valence-corrected chi connectivity index (χ3v) is 3.67. The molecule has 0 aromatic heterocycles. The number of nitrogens with two attached hydrogens (primary N) is 1. The minimum absolute atomic E-state index is 0.243. The first-order valence-corrected chi connectivity index (χ1v) is 6.41. The molecule has 1 saturated carbocycles. The molecule has 0 saturated heterocycles. The smallest absolute Gasteiger partial charge is 0.251 e. The summed E-state index contributed by atoms with van der Waals surface area (Å²) >= 11 is 0. The van der Waals surface area contributed by atoms with Crippen LogP contribution in [0, 0.1) is 18.7 Å². The molecule has 0 radical (unpaired) electrons. The van der Waals surface area contributed by atoms with Gasteiger partial charge in [0, 0.05) is 23.4 Å². The largest absolute Gasteiger partial charge is 0.398 e. The molecule has 2 rings (SSSR count). The Balaban J connectivity index is 2.00. The maximum atomic E-state index is 13.5. The number of carbonyl (C=O) groups is 1. The van der Waals surface area contributed by atoms with Crippen LogP contribution in [0.4, 0.5) is 10.1 Å². The highest BCUT2D eigenvalue weighted by molar-refractivity contribution is 5.95. The molecule has 1 aromatic carbocycles. The Bertz CT molecular complexity index is 430. The summed E-state index contributed by atoms with van der Waals surface area (Å²) in [6.07, 6.45) is 4.83. The van der Waals surface area contributed by atoms with Crippen molar-refractivity contribution in [1.82, 2.24) is 5.32 Å². The summed E-state index contributed by atoms with van der Waals surface area (Å²) in [7, 11) is 0. The van der Waals surface area contributed by atoms with Crippen molar-refractivity contribution in [3.05, 3.63) is 29.1 Å². The van der Waals surface area contributed by atoms with Gasteiger partial charge in [-0.3, -0.25) is 4.79 Å². The number of nitrogens with one attached hydrogen (secondary N) is 1.